The Morgan fingerprint density at radius 3 is 2.33 bits per heavy atom. The molecule has 2 aromatic carbocycles. The maximum atomic E-state index is 12.6. The molecule has 11 nitrogen and oxygen atoms in total. The number of azo groups is 1. The third-order valence-corrected chi connectivity index (χ3v) is 8.17. The van der Waals surface area contributed by atoms with Crippen LogP contribution < -0.4 is 4.90 Å². The molecule has 36 heavy (non-hydrogen) atoms. The summed E-state index contributed by atoms with van der Waals surface area (Å²) in [7, 11) is 0.146. The van der Waals surface area contributed by atoms with Crippen LogP contribution in [0.4, 0.5) is 17.1 Å². The minimum absolute atomic E-state index is 0.0693. The number of thioether (sulfide) groups is 1. The number of nitrogens with zero attached hydrogens (tertiary/aromatic N) is 5. The van der Waals surface area contributed by atoms with Gasteiger partial charge in [-0.05, 0) is 61.4 Å². The summed E-state index contributed by atoms with van der Waals surface area (Å²) < 4.78 is 31.5. The fraction of sp³-hybridized carbons (Fsp3) is 0.348. The lowest BCUT2D eigenvalue weighted by Crippen LogP contribution is -2.35. The van der Waals surface area contributed by atoms with E-state index in [1.807, 2.05) is 43.3 Å². The average molecular weight is 534 g/mol. The van der Waals surface area contributed by atoms with Crippen LogP contribution in [0.2, 0.25) is 0 Å². The van der Waals surface area contributed by atoms with Crippen molar-refractivity contribution in [1.82, 2.24) is 4.31 Å². The Kier molecular flexibility index (Phi) is 9.42. The first kappa shape index (κ1) is 27.1. The first-order chi connectivity index (χ1) is 17.2. The predicted molar refractivity (Wildman–Crippen MR) is 139 cm³/mol. The van der Waals surface area contributed by atoms with E-state index >= 15 is 0 Å². The lowest BCUT2D eigenvalue weighted by Gasteiger charge is -2.28. The van der Waals surface area contributed by atoms with E-state index in [1.165, 1.54) is 0 Å². The molecule has 0 aliphatic carbocycles. The van der Waals surface area contributed by atoms with Crippen LogP contribution >= 0.6 is 11.8 Å². The van der Waals surface area contributed by atoms with E-state index in [4.69, 9.17) is 4.74 Å². The van der Waals surface area contributed by atoms with Gasteiger partial charge in [-0.1, -0.05) is 0 Å². The van der Waals surface area contributed by atoms with Gasteiger partial charge in [0.25, 0.3) is 6.20 Å². The van der Waals surface area contributed by atoms with Gasteiger partial charge >= 0.3 is 5.97 Å². The van der Waals surface area contributed by atoms with Gasteiger partial charge in [0.05, 0.1) is 34.2 Å². The summed E-state index contributed by atoms with van der Waals surface area (Å²) in [6, 6.07) is 14.0. The fourth-order valence-corrected chi connectivity index (χ4v) is 6.04. The molecule has 1 heterocycles. The van der Waals surface area contributed by atoms with Crippen LogP contribution in [0.15, 0.2) is 70.0 Å². The van der Waals surface area contributed by atoms with Crippen molar-refractivity contribution < 1.29 is 22.9 Å². The Labute approximate surface area is 214 Å². The zero-order valence-electron chi connectivity index (χ0n) is 19.9. The Hall–Kier alpha value is -3.45. The van der Waals surface area contributed by atoms with Crippen LogP contribution in [-0.2, 0) is 14.8 Å². The second-order valence-corrected chi connectivity index (χ2v) is 11.1. The molecule has 0 aromatic heterocycles. The van der Waals surface area contributed by atoms with E-state index in [2.05, 4.69) is 10.2 Å². The summed E-state index contributed by atoms with van der Waals surface area (Å²) in [5.41, 5.74) is 2.61. The molecule has 0 bridgehead atoms. The van der Waals surface area contributed by atoms with Gasteiger partial charge in [-0.2, -0.15) is 10.2 Å². The van der Waals surface area contributed by atoms with Crippen LogP contribution in [0.3, 0.4) is 0 Å². The standard InChI is InChI=1S/C23H27N5O6S2/c1-26(2)21-11-9-20(10-12-21)25-24-19-7-5-18(6-8-19)23(29)34-14-4-16-36(32,33)27-13-3-15-35-22(27)17-28(30)31/h5-12,17H,3-4,13-16H2,1-2H3/b22-17-,25-24?. The zero-order valence-corrected chi connectivity index (χ0v) is 21.6. The Morgan fingerprint density at radius 2 is 1.75 bits per heavy atom. The largest absolute Gasteiger partial charge is 0.462 e. The normalized spacial score (nSPS) is 15.3. The third kappa shape index (κ3) is 7.78. The molecule has 1 fully saturated rings. The number of hydrogen-bond acceptors (Lipinski definition) is 10. The van der Waals surface area contributed by atoms with E-state index in [0.717, 1.165) is 21.8 Å². The predicted octanol–water partition coefficient (Wildman–Crippen LogP) is 4.56. The molecule has 0 amide bonds. The number of anilines is 1. The van der Waals surface area contributed by atoms with Crippen molar-refractivity contribution in [2.75, 3.05) is 43.7 Å². The molecule has 3 rings (SSSR count). The van der Waals surface area contributed by atoms with Crippen molar-refractivity contribution in [3.8, 4) is 0 Å². The highest BCUT2D eigenvalue weighted by atomic mass is 32.2. The molecule has 0 spiro atoms. The number of benzene rings is 2. The Balaban J connectivity index is 1.48. The maximum Gasteiger partial charge on any atom is 0.338 e. The minimum atomic E-state index is -3.76. The lowest BCUT2D eigenvalue weighted by molar-refractivity contribution is -0.403. The average Bonchev–Trinajstić information content (AvgIpc) is 2.85. The van der Waals surface area contributed by atoms with Gasteiger partial charge in [-0.15, -0.1) is 11.8 Å². The smallest absolute Gasteiger partial charge is 0.338 e. The minimum Gasteiger partial charge on any atom is -0.462 e. The quantitative estimate of drug-likeness (QED) is 0.143. The van der Waals surface area contributed by atoms with Crippen LogP contribution in [-0.4, -0.2) is 62.4 Å². The SMILES string of the molecule is CN(C)c1ccc(N=Nc2ccc(C(=O)OCCCS(=O)(=O)N3CCCS/C3=C\[N+](=O)[O-])cc2)cc1. The number of rotatable bonds is 10. The highest BCUT2D eigenvalue weighted by molar-refractivity contribution is 8.04. The van der Waals surface area contributed by atoms with Gasteiger partial charge in [0, 0.05) is 32.1 Å². The second kappa shape index (κ2) is 12.5. The highest BCUT2D eigenvalue weighted by Crippen LogP contribution is 2.29. The van der Waals surface area contributed by atoms with Crippen molar-refractivity contribution in [3.05, 3.63) is 75.4 Å². The van der Waals surface area contributed by atoms with Gasteiger partial charge < -0.3 is 9.64 Å². The first-order valence-electron chi connectivity index (χ1n) is 11.1. The van der Waals surface area contributed by atoms with Gasteiger partial charge in [0.1, 0.15) is 0 Å². The number of nitro groups is 1. The van der Waals surface area contributed by atoms with Gasteiger partial charge in [-0.3, -0.25) is 14.4 Å². The third-order valence-electron chi connectivity index (χ3n) is 5.08. The zero-order chi connectivity index (χ0) is 26.1. The number of hydrogen-bond donors (Lipinski definition) is 0. The van der Waals surface area contributed by atoms with Crippen LogP contribution in [0.1, 0.15) is 23.2 Å². The molecule has 0 radical (unpaired) electrons. The molecular weight excluding hydrogens is 506 g/mol. The number of sulfonamides is 1. The molecule has 1 aliphatic rings. The van der Waals surface area contributed by atoms with E-state index in [0.29, 0.717) is 35.3 Å². The monoisotopic (exact) mass is 533 g/mol. The molecular formula is C23H27N5O6S2. The molecule has 0 unspecified atom stereocenters. The van der Waals surface area contributed by atoms with Gasteiger partial charge in [0.15, 0.2) is 5.03 Å². The van der Waals surface area contributed by atoms with E-state index in [-0.39, 0.29) is 30.4 Å². The van der Waals surface area contributed by atoms with Gasteiger partial charge in [0.2, 0.25) is 10.0 Å². The summed E-state index contributed by atoms with van der Waals surface area (Å²) in [6.45, 7) is 0.0949. The molecule has 0 atom stereocenters. The van der Waals surface area contributed by atoms with Crippen LogP contribution in [0, 0.1) is 10.1 Å². The topological polar surface area (TPSA) is 135 Å². The van der Waals surface area contributed by atoms with E-state index in [1.54, 1.807) is 24.3 Å². The number of carbonyl (C=O) groups excluding carboxylic acids is 1. The molecule has 13 heteroatoms. The highest BCUT2D eigenvalue weighted by Gasteiger charge is 2.29. The summed E-state index contributed by atoms with van der Waals surface area (Å²) in [6.07, 6.45) is 1.39. The summed E-state index contributed by atoms with van der Waals surface area (Å²) in [5.74, 6) is -0.254. The Bertz CT molecular complexity index is 1230. The summed E-state index contributed by atoms with van der Waals surface area (Å²) >= 11 is 1.14. The number of ether oxygens (including phenoxy) is 1. The Morgan fingerprint density at radius 1 is 1.14 bits per heavy atom. The number of esters is 1. The van der Waals surface area contributed by atoms with Gasteiger partial charge in [-0.25, -0.2) is 13.2 Å². The van der Waals surface area contributed by atoms with Crippen molar-refractivity contribution >= 4 is 44.8 Å². The molecule has 0 saturated carbocycles. The second-order valence-electron chi connectivity index (χ2n) is 7.99. The number of carbonyl (C=O) groups is 1. The van der Waals surface area contributed by atoms with Crippen molar-refractivity contribution in [1.29, 1.82) is 0 Å². The van der Waals surface area contributed by atoms with Crippen molar-refractivity contribution in [2.45, 2.75) is 12.8 Å². The fourth-order valence-electron chi connectivity index (χ4n) is 3.23. The first-order valence-corrected chi connectivity index (χ1v) is 13.7. The molecule has 1 aliphatic heterocycles. The molecule has 192 valence electrons. The molecule has 2 aromatic rings. The van der Waals surface area contributed by atoms with Crippen molar-refractivity contribution in [2.24, 2.45) is 10.2 Å². The summed E-state index contributed by atoms with van der Waals surface area (Å²) in [4.78, 5) is 24.4. The van der Waals surface area contributed by atoms with Crippen LogP contribution in [0.25, 0.3) is 0 Å². The van der Waals surface area contributed by atoms with Crippen LogP contribution in [0.5, 0.6) is 0 Å². The van der Waals surface area contributed by atoms with E-state index in [9.17, 15) is 23.3 Å². The lowest BCUT2D eigenvalue weighted by atomic mass is 10.2. The summed E-state index contributed by atoms with van der Waals surface area (Å²) in [5, 5.41) is 19.2. The van der Waals surface area contributed by atoms with Crippen molar-refractivity contribution in [3.63, 3.8) is 0 Å². The van der Waals surface area contributed by atoms with E-state index < -0.39 is 20.9 Å². The molecule has 1 saturated heterocycles. The molecule has 0 N–H and O–H groups in total. The maximum absolute atomic E-state index is 12.6.